The van der Waals surface area contributed by atoms with Gasteiger partial charge in [-0.2, -0.15) is 28.5 Å². The number of hydrogen-bond acceptors (Lipinski definition) is 8. The van der Waals surface area contributed by atoms with Crippen LogP contribution in [0.1, 0.15) is 37.7 Å². The minimum Gasteiger partial charge on any atom is -0.404 e. The Balaban J connectivity index is 0.000000307. The van der Waals surface area contributed by atoms with E-state index in [2.05, 4.69) is 10.1 Å². The zero-order valence-electron chi connectivity index (χ0n) is 22.1. The largest absolute Gasteiger partial charge is 0.416 e. The molecule has 0 aliphatic carbocycles. The maximum Gasteiger partial charge on any atom is 0.416 e. The average Bonchev–Trinajstić information content (AvgIpc) is 3.22. The number of nitriles is 1. The van der Waals surface area contributed by atoms with Crippen LogP contribution in [-0.2, 0) is 37.8 Å². The van der Waals surface area contributed by atoms with Crippen molar-refractivity contribution in [3.05, 3.63) is 60.4 Å². The zero-order chi connectivity index (χ0) is 32.0. The van der Waals surface area contributed by atoms with Gasteiger partial charge in [0.05, 0.1) is 55.2 Å². The van der Waals surface area contributed by atoms with Crippen molar-refractivity contribution < 1.29 is 31.0 Å². The van der Waals surface area contributed by atoms with Crippen molar-refractivity contribution in [2.45, 2.75) is 38.8 Å². The molecule has 0 N–H and O–H groups in total. The summed E-state index contributed by atoms with van der Waals surface area (Å²) in [5.41, 5.74) is -0.751. The Kier molecular flexibility index (Phi) is 13.8. The average molecular weight is 747 g/mol. The van der Waals surface area contributed by atoms with Crippen LogP contribution in [0.2, 0.25) is 25.2 Å². The summed E-state index contributed by atoms with van der Waals surface area (Å²) >= 11 is 34.6. The van der Waals surface area contributed by atoms with Gasteiger partial charge in [-0.1, -0.05) is 64.9 Å². The molecule has 0 saturated carbocycles. The molecular formula is C23H21Cl5F3N4O4PS2. The molecule has 1 unspecified atom stereocenters. The van der Waals surface area contributed by atoms with E-state index in [1.165, 1.54) is 6.07 Å². The van der Waals surface area contributed by atoms with Crippen LogP contribution in [0, 0.1) is 18.3 Å². The summed E-state index contributed by atoms with van der Waals surface area (Å²) in [6.07, 6.45) is -4.60. The topological polar surface area (TPSA) is 99.3 Å². The van der Waals surface area contributed by atoms with E-state index in [1.54, 1.807) is 27.7 Å². The van der Waals surface area contributed by atoms with E-state index in [1.807, 2.05) is 6.07 Å². The molecule has 2 aromatic heterocycles. The van der Waals surface area contributed by atoms with Gasteiger partial charge in [-0.25, -0.2) is 4.68 Å². The van der Waals surface area contributed by atoms with Crippen molar-refractivity contribution in [2.75, 3.05) is 19.0 Å². The fourth-order valence-corrected chi connectivity index (χ4v) is 7.38. The van der Waals surface area contributed by atoms with E-state index in [-0.39, 0.29) is 53.2 Å². The van der Waals surface area contributed by atoms with Crippen LogP contribution in [-0.4, -0.2) is 37.9 Å². The Bertz CT molecular complexity index is 1540. The van der Waals surface area contributed by atoms with Gasteiger partial charge in [0, 0.05) is 17.6 Å². The number of benzene rings is 1. The molecule has 42 heavy (non-hydrogen) atoms. The van der Waals surface area contributed by atoms with Gasteiger partial charge in [-0.15, -0.1) is 0 Å². The molecule has 2 heterocycles. The molecule has 0 saturated heterocycles. The molecule has 8 nitrogen and oxygen atoms in total. The van der Waals surface area contributed by atoms with Crippen LogP contribution in [0.4, 0.5) is 13.2 Å². The molecule has 3 rings (SSSR count). The van der Waals surface area contributed by atoms with Crippen molar-refractivity contribution in [2.24, 2.45) is 0 Å². The number of aromatic nitrogens is 3. The van der Waals surface area contributed by atoms with E-state index >= 15 is 0 Å². The Morgan fingerprint density at radius 2 is 1.57 bits per heavy atom. The highest BCUT2D eigenvalue weighted by molar-refractivity contribution is 8.07. The molecule has 0 amide bonds. The van der Waals surface area contributed by atoms with Gasteiger partial charge in [0.25, 0.3) is 0 Å². The smallest absolute Gasteiger partial charge is 0.404 e. The van der Waals surface area contributed by atoms with E-state index in [0.29, 0.717) is 18.9 Å². The van der Waals surface area contributed by atoms with Gasteiger partial charge >= 0.3 is 12.9 Å². The highest BCUT2D eigenvalue weighted by Crippen LogP contribution is 2.51. The Hall–Kier alpha value is -1.17. The fraction of sp³-hybridized carbons (Fsp3) is 0.348. The van der Waals surface area contributed by atoms with Gasteiger partial charge in [-0.05, 0) is 39.0 Å². The predicted octanol–water partition coefficient (Wildman–Crippen LogP) is 9.22. The van der Waals surface area contributed by atoms with Crippen LogP contribution in [0.5, 0.6) is 5.88 Å². The fourth-order valence-electron chi connectivity index (χ4n) is 3.13. The lowest BCUT2D eigenvalue weighted by atomic mass is 10.2. The third-order valence-electron chi connectivity index (χ3n) is 4.84. The molecule has 0 fully saturated rings. The summed E-state index contributed by atoms with van der Waals surface area (Å²) in [5, 5.41) is 13.1. The molecule has 1 aromatic carbocycles. The minimum atomic E-state index is -4.60. The maximum atomic E-state index is 12.8. The van der Waals surface area contributed by atoms with Gasteiger partial charge in [-0.3, -0.25) is 13.3 Å². The van der Waals surface area contributed by atoms with Gasteiger partial charge in [0.2, 0.25) is 5.88 Å². The molecule has 3 aromatic rings. The quantitative estimate of drug-likeness (QED) is 0.158. The third kappa shape index (κ3) is 9.17. The number of hydrogen-bond donors (Lipinski definition) is 0. The van der Waals surface area contributed by atoms with E-state index < -0.39 is 29.3 Å². The van der Waals surface area contributed by atoms with Gasteiger partial charge in [0.1, 0.15) is 16.8 Å². The molecule has 1 atom stereocenters. The summed E-state index contributed by atoms with van der Waals surface area (Å²) < 4.78 is 67.7. The number of rotatable bonds is 9. The van der Waals surface area contributed by atoms with Gasteiger partial charge < -0.3 is 4.52 Å². The Morgan fingerprint density at radius 1 is 1.02 bits per heavy atom. The number of halogens is 8. The summed E-state index contributed by atoms with van der Waals surface area (Å²) in [4.78, 5) is 4.12. The molecule has 230 valence electrons. The standard InChI is InChI=1S/C14H10Cl2F3N3OS.C9H11Cl3NO3PS/c1-3-24(23)13-7(2)22(21-11(13)6-20)12-9(15)4-8(5-10(12)16)14(17,18)19;1-3-14-17(18,15-4-2)16-9-7(11)5-6(10)8(12)13-9/h4-5H,3H2,1-2H3;5H,3-4H2,1-2H3. The highest BCUT2D eigenvalue weighted by atomic mass is 35.5. The number of alkyl halides is 3. The van der Waals surface area contributed by atoms with Crippen molar-refractivity contribution in [1.29, 1.82) is 5.26 Å². The summed E-state index contributed by atoms with van der Waals surface area (Å²) in [5.74, 6) is 0.312. The van der Waals surface area contributed by atoms with E-state index in [0.717, 1.165) is 16.8 Å². The highest BCUT2D eigenvalue weighted by Gasteiger charge is 2.33. The predicted molar refractivity (Wildman–Crippen MR) is 162 cm³/mol. The maximum absolute atomic E-state index is 12.8. The first-order valence-electron chi connectivity index (χ1n) is 11.6. The minimum absolute atomic E-state index is 0.000290. The lowest BCUT2D eigenvalue weighted by molar-refractivity contribution is -0.137. The lowest BCUT2D eigenvalue weighted by Gasteiger charge is -2.20. The van der Waals surface area contributed by atoms with Gasteiger partial charge in [0.15, 0.2) is 10.8 Å². The van der Waals surface area contributed by atoms with Crippen molar-refractivity contribution in [3.63, 3.8) is 0 Å². The van der Waals surface area contributed by atoms with Crippen molar-refractivity contribution in [3.8, 4) is 17.6 Å². The molecular weight excluding hydrogens is 726 g/mol. The second-order valence-electron chi connectivity index (χ2n) is 7.63. The first kappa shape index (κ1) is 37.0. The van der Waals surface area contributed by atoms with Crippen LogP contribution >= 0.6 is 64.7 Å². The normalized spacial score (nSPS) is 12.4. The second kappa shape index (κ2) is 15.7. The van der Waals surface area contributed by atoms with E-state index in [9.17, 15) is 17.4 Å². The monoisotopic (exact) mass is 744 g/mol. The van der Waals surface area contributed by atoms with Crippen LogP contribution in [0.3, 0.4) is 0 Å². The lowest BCUT2D eigenvalue weighted by Crippen LogP contribution is -2.08. The van der Waals surface area contributed by atoms with Crippen LogP contribution in [0.15, 0.2) is 23.1 Å². The molecule has 19 heteroatoms. The molecule has 0 spiro atoms. The van der Waals surface area contributed by atoms with Crippen LogP contribution < -0.4 is 4.52 Å². The number of pyridine rings is 1. The van der Waals surface area contributed by atoms with Crippen LogP contribution in [0.25, 0.3) is 5.69 Å². The zero-order valence-corrected chi connectivity index (χ0v) is 28.4. The number of nitrogens with zero attached hydrogens (tertiary/aromatic N) is 4. The van der Waals surface area contributed by atoms with Crippen molar-refractivity contribution >= 4 is 87.3 Å². The second-order valence-corrected chi connectivity index (χ2v) is 14.2. The van der Waals surface area contributed by atoms with Crippen molar-refractivity contribution in [1.82, 2.24) is 14.8 Å². The Morgan fingerprint density at radius 3 is 2.02 bits per heavy atom. The van der Waals surface area contributed by atoms with E-state index in [4.69, 9.17) is 88.6 Å². The third-order valence-corrected chi connectivity index (χ3v) is 10.2. The summed E-state index contributed by atoms with van der Waals surface area (Å²) in [6.45, 7) is 4.58. The Labute approximate surface area is 272 Å². The molecule has 0 aliphatic rings. The molecule has 0 bridgehead atoms. The summed E-state index contributed by atoms with van der Waals surface area (Å²) in [7, 11) is -1.47. The first-order chi connectivity index (χ1) is 19.5. The summed E-state index contributed by atoms with van der Waals surface area (Å²) in [6, 6.07) is 4.70. The molecule has 0 radical (unpaired) electrons. The SMILES string of the molecule is CCOP(=S)(OCC)Oc1nc(Cl)c(Cl)cc1Cl.CCS(=O)c1c(C#N)nn(-c2c(Cl)cc(C(F)(F)F)cc2Cl)c1C. The molecule has 0 aliphatic heterocycles. The first-order valence-corrected chi connectivity index (χ1v) is 17.3.